The number of nitrogens with zero attached hydrogens (tertiary/aromatic N) is 2. The van der Waals surface area contributed by atoms with Crippen LogP contribution in [0, 0.1) is 0 Å². The SMILES string of the molecule is COC(=O)c1ccc(C(=O)OC)c(NC(=O)CN2CCN(c3ccc(Cl)cc3)CC2)c1. The van der Waals surface area contributed by atoms with Crippen molar-refractivity contribution >= 4 is 40.8 Å². The molecule has 0 spiro atoms. The number of benzene rings is 2. The lowest BCUT2D eigenvalue weighted by Crippen LogP contribution is -2.48. The predicted octanol–water partition coefficient (Wildman–Crippen LogP) is 2.67. The fourth-order valence-corrected chi connectivity index (χ4v) is 3.52. The molecule has 3 rings (SSSR count). The molecule has 1 fully saturated rings. The topological polar surface area (TPSA) is 88.2 Å². The largest absolute Gasteiger partial charge is 0.465 e. The molecule has 0 aliphatic carbocycles. The zero-order chi connectivity index (χ0) is 22.4. The van der Waals surface area contributed by atoms with Gasteiger partial charge in [-0.3, -0.25) is 9.69 Å². The molecule has 0 unspecified atom stereocenters. The third-order valence-electron chi connectivity index (χ3n) is 5.05. The van der Waals surface area contributed by atoms with E-state index < -0.39 is 11.9 Å². The Morgan fingerprint density at radius 1 is 0.935 bits per heavy atom. The first-order chi connectivity index (χ1) is 14.9. The van der Waals surface area contributed by atoms with Crippen molar-refractivity contribution in [2.45, 2.75) is 0 Å². The molecule has 2 aromatic carbocycles. The summed E-state index contributed by atoms with van der Waals surface area (Å²) >= 11 is 5.95. The van der Waals surface area contributed by atoms with Gasteiger partial charge in [-0.15, -0.1) is 0 Å². The molecule has 1 heterocycles. The molecule has 8 nitrogen and oxygen atoms in total. The van der Waals surface area contributed by atoms with Gasteiger partial charge in [-0.1, -0.05) is 11.6 Å². The van der Waals surface area contributed by atoms with Gasteiger partial charge in [0.2, 0.25) is 5.91 Å². The van der Waals surface area contributed by atoms with E-state index in [0.29, 0.717) is 18.1 Å². The normalized spacial score (nSPS) is 14.1. The molecule has 0 saturated carbocycles. The zero-order valence-electron chi connectivity index (χ0n) is 17.4. The van der Waals surface area contributed by atoms with Gasteiger partial charge < -0.3 is 19.7 Å². The molecule has 2 aromatic rings. The summed E-state index contributed by atoms with van der Waals surface area (Å²) in [5.74, 6) is -1.46. The lowest BCUT2D eigenvalue weighted by atomic mass is 10.1. The molecule has 164 valence electrons. The quantitative estimate of drug-likeness (QED) is 0.684. The standard InChI is InChI=1S/C22H24ClN3O5/c1-30-21(28)15-3-8-18(22(29)31-2)19(13-15)24-20(27)14-25-9-11-26(12-10-25)17-6-4-16(23)5-7-17/h3-8,13H,9-12,14H2,1-2H3,(H,24,27). The number of methoxy groups -OCH3 is 2. The third-order valence-corrected chi connectivity index (χ3v) is 5.30. The monoisotopic (exact) mass is 445 g/mol. The van der Waals surface area contributed by atoms with E-state index in [-0.39, 0.29) is 29.3 Å². The fourth-order valence-electron chi connectivity index (χ4n) is 3.39. The minimum atomic E-state index is -0.608. The number of ether oxygens (including phenoxy) is 2. The Bertz CT molecular complexity index is 956. The third kappa shape index (κ3) is 5.74. The van der Waals surface area contributed by atoms with Crippen LogP contribution in [-0.2, 0) is 14.3 Å². The number of esters is 2. The number of halogens is 1. The smallest absolute Gasteiger partial charge is 0.339 e. The van der Waals surface area contributed by atoms with E-state index in [4.69, 9.17) is 21.1 Å². The first-order valence-corrected chi connectivity index (χ1v) is 10.1. The highest BCUT2D eigenvalue weighted by molar-refractivity contribution is 6.30. The minimum absolute atomic E-state index is 0.163. The van der Waals surface area contributed by atoms with Gasteiger partial charge in [-0.25, -0.2) is 9.59 Å². The van der Waals surface area contributed by atoms with Gasteiger partial charge in [0.1, 0.15) is 0 Å². The summed E-state index contributed by atoms with van der Waals surface area (Å²) in [5, 5.41) is 3.42. The highest BCUT2D eigenvalue weighted by Gasteiger charge is 2.21. The number of amides is 1. The van der Waals surface area contributed by atoms with E-state index in [1.54, 1.807) is 0 Å². The van der Waals surface area contributed by atoms with Crippen LogP contribution in [0.15, 0.2) is 42.5 Å². The summed E-state index contributed by atoms with van der Waals surface area (Å²) in [6.07, 6.45) is 0. The number of hydrogen-bond acceptors (Lipinski definition) is 7. The molecular formula is C22H24ClN3O5. The van der Waals surface area contributed by atoms with Crippen molar-refractivity contribution in [3.63, 3.8) is 0 Å². The van der Waals surface area contributed by atoms with Crippen LogP contribution in [-0.4, -0.2) is 69.7 Å². The summed E-state index contributed by atoms with van der Waals surface area (Å²) in [4.78, 5) is 40.8. The molecule has 0 radical (unpaired) electrons. The van der Waals surface area contributed by atoms with Gasteiger partial charge in [0.05, 0.1) is 37.6 Å². The average molecular weight is 446 g/mol. The van der Waals surface area contributed by atoms with Crippen LogP contribution in [0.3, 0.4) is 0 Å². The van der Waals surface area contributed by atoms with Crippen molar-refractivity contribution in [2.75, 3.05) is 57.2 Å². The molecule has 1 aliphatic rings. The number of carbonyl (C=O) groups excluding carboxylic acids is 3. The molecule has 1 amide bonds. The minimum Gasteiger partial charge on any atom is -0.465 e. The Kier molecular flexibility index (Phi) is 7.49. The first-order valence-electron chi connectivity index (χ1n) is 9.74. The van der Waals surface area contributed by atoms with Crippen molar-refractivity contribution in [2.24, 2.45) is 0 Å². The van der Waals surface area contributed by atoms with Gasteiger partial charge in [0.15, 0.2) is 0 Å². The molecule has 0 aromatic heterocycles. The second kappa shape index (κ2) is 10.3. The predicted molar refractivity (Wildman–Crippen MR) is 118 cm³/mol. The summed E-state index contributed by atoms with van der Waals surface area (Å²) in [5.41, 5.74) is 1.69. The Morgan fingerprint density at radius 3 is 2.19 bits per heavy atom. The number of anilines is 2. The van der Waals surface area contributed by atoms with Gasteiger partial charge in [0, 0.05) is 36.9 Å². The van der Waals surface area contributed by atoms with E-state index in [0.717, 1.165) is 18.8 Å². The van der Waals surface area contributed by atoms with Crippen LogP contribution in [0.2, 0.25) is 5.02 Å². The molecule has 9 heteroatoms. The first kappa shape index (κ1) is 22.6. The van der Waals surface area contributed by atoms with Gasteiger partial charge in [-0.05, 0) is 42.5 Å². The van der Waals surface area contributed by atoms with Crippen molar-refractivity contribution < 1.29 is 23.9 Å². The molecule has 31 heavy (non-hydrogen) atoms. The summed E-state index contributed by atoms with van der Waals surface area (Å²) in [6.45, 7) is 3.14. The van der Waals surface area contributed by atoms with Crippen LogP contribution >= 0.6 is 11.6 Å². The molecule has 0 bridgehead atoms. The molecule has 0 atom stereocenters. The number of carbonyl (C=O) groups is 3. The van der Waals surface area contributed by atoms with Crippen molar-refractivity contribution in [1.29, 1.82) is 0 Å². The second-order valence-electron chi connectivity index (χ2n) is 7.03. The zero-order valence-corrected chi connectivity index (χ0v) is 18.1. The molecular weight excluding hydrogens is 422 g/mol. The fraction of sp³-hybridized carbons (Fsp3) is 0.318. The lowest BCUT2D eigenvalue weighted by Gasteiger charge is -2.35. The number of piperazine rings is 1. The van der Waals surface area contributed by atoms with Gasteiger partial charge in [-0.2, -0.15) is 0 Å². The van der Waals surface area contributed by atoms with Crippen LogP contribution in [0.5, 0.6) is 0 Å². The van der Waals surface area contributed by atoms with Crippen LogP contribution in [0.25, 0.3) is 0 Å². The van der Waals surface area contributed by atoms with E-state index in [2.05, 4.69) is 10.2 Å². The maximum Gasteiger partial charge on any atom is 0.339 e. The summed E-state index contributed by atoms with van der Waals surface area (Å²) < 4.78 is 9.48. The molecule has 1 N–H and O–H groups in total. The van der Waals surface area contributed by atoms with E-state index in [1.165, 1.54) is 32.4 Å². The van der Waals surface area contributed by atoms with Crippen LogP contribution in [0.1, 0.15) is 20.7 Å². The van der Waals surface area contributed by atoms with Gasteiger partial charge in [0.25, 0.3) is 0 Å². The Balaban J connectivity index is 1.62. The van der Waals surface area contributed by atoms with E-state index >= 15 is 0 Å². The Hall–Kier alpha value is -3.10. The second-order valence-corrected chi connectivity index (χ2v) is 7.47. The highest BCUT2D eigenvalue weighted by Crippen LogP contribution is 2.21. The van der Waals surface area contributed by atoms with E-state index in [1.807, 2.05) is 29.2 Å². The number of rotatable bonds is 6. The van der Waals surface area contributed by atoms with Crippen LogP contribution < -0.4 is 10.2 Å². The molecule has 1 saturated heterocycles. The van der Waals surface area contributed by atoms with Gasteiger partial charge >= 0.3 is 11.9 Å². The number of nitrogens with one attached hydrogen (secondary N) is 1. The number of hydrogen-bond donors (Lipinski definition) is 1. The Labute approximate surface area is 185 Å². The Morgan fingerprint density at radius 2 is 1.58 bits per heavy atom. The maximum absolute atomic E-state index is 12.6. The summed E-state index contributed by atoms with van der Waals surface area (Å²) in [6, 6.07) is 12.0. The van der Waals surface area contributed by atoms with Crippen molar-refractivity contribution in [3.05, 3.63) is 58.6 Å². The van der Waals surface area contributed by atoms with Crippen molar-refractivity contribution in [1.82, 2.24) is 4.90 Å². The highest BCUT2D eigenvalue weighted by atomic mass is 35.5. The average Bonchev–Trinajstić information content (AvgIpc) is 2.79. The lowest BCUT2D eigenvalue weighted by molar-refractivity contribution is -0.117. The summed E-state index contributed by atoms with van der Waals surface area (Å²) in [7, 11) is 2.51. The van der Waals surface area contributed by atoms with E-state index in [9.17, 15) is 14.4 Å². The molecule has 1 aliphatic heterocycles. The van der Waals surface area contributed by atoms with Crippen molar-refractivity contribution in [3.8, 4) is 0 Å². The van der Waals surface area contributed by atoms with Crippen LogP contribution in [0.4, 0.5) is 11.4 Å². The maximum atomic E-state index is 12.6.